The van der Waals surface area contributed by atoms with Crippen molar-refractivity contribution in [1.82, 2.24) is 0 Å². The summed E-state index contributed by atoms with van der Waals surface area (Å²) >= 11 is 0. The summed E-state index contributed by atoms with van der Waals surface area (Å²) in [6.07, 6.45) is 2.72. The maximum absolute atomic E-state index is 11.2. The van der Waals surface area contributed by atoms with Crippen LogP contribution in [0.15, 0.2) is 18.2 Å². The molecule has 0 saturated heterocycles. The Hall–Kier alpha value is -1.82. The van der Waals surface area contributed by atoms with E-state index in [0.717, 1.165) is 24.2 Å². The molecule has 0 aromatic heterocycles. The molecule has 1 aromatic rings. The van der Waals surface area contributed by atoms with E-state index >= 15 is 0 Å². The number of hydrogen-bond acceptors (Lipinski definition) is 3. The van der Waals surface area contributed by atoms with Crippen molar-refractivity contribution in [2.45, 2.75) is 33.1 Å². The number of aryl methyl sites for hydroxylation is 1. The molecule has 18 heavy (non-hydrogen) atoms. The molecule has 94 valence electrons. The SMILES string of the molecule is CC(=O)c1ccc(OCC2(CC#N)CC2)c(C)c1. The van der Waals surface area contributed by atoms with Crippen molar-refractivity contribution < 1.29 is 9.53 Å². The minimum atomic E-state index is 0.0628. The second kappa shape index (κ2) is 4.81. The summed E-state index contributed by atoms with van der Waals surface area (Å²) in [6.45, 7) is 4.09. The predicted molar refractivity (Wildman–Crippen MR) is 68.6 cm³/mol. The van der Waals surface area contributed by atoms with Gasteiger partial charge in [0, 0.05) is 17.4 Å². The van der Waals surface area contributed by atoms with Gasteiger partial charge in [-0.15, -0.1) is 0 Å². The smallest absolute Gasteiger partial charge is 0.159 e. The molecule has 1 saturated carbocycles. The zero-order chi connectivity index (χ0) is 13.2. The van der Waals surface area contributed by atoms with E-state index in [4.69, 9.17) is 10.00 Å². The van der Waals surface area contributed by atoms with Crippen LogP contribution in [0.5, 0.6) is 5.75 Å². The van der Waals surface area contributed by atoms with Gasteiger partial charge >= 0.3 is 0 Å². The number of rotatable bonds is 5. The van der Waals surface area contributed by atoms with Crippen LogP contribution in [0.2, 0.25) is 0 Å². The monoisotopic (exact) mass is 243 g/mol. The Morgan fingerprint density at radius 3 is 2.72 bits per heavy atom. The van der Waals surface area contributed by atoms with Gasteiger partial charge < -0.3 is 4.74 Å². The molecule has 3 heteroatoms. The summed E-state index contributed by atoms with van der Waals surface area (Å²) in [5.74, 6) is 0.872. The highest BCUT2D eigenvalue weighted by molar-refractivity contribution is 5.94. The first kappa shape index (κ1) is 12.6. The van der Waals surface area contributed by atoms with Gasteiger partial charge in [0.1, 0.15) is 5.75 Å². The fourth-order valence-corrected chi connectivity index (χ4v) is 1.98. The second-order valence-corrected chi connectivity index (χ2v) is 5.16. The number of carbonyl (C=O) groups excluding carboxylic acids is 1. The highest BCUT2D eigenvalue weighted by Gasteiger charge is 2.43. The molecule has 1 aliphatic rings. The van der Waals surface area contributed by atoms with Crippen LogP contribution >= 0.6 is 0 Å². The topological polar surface area (TPSA) is 50.1 Å². The van der Waals surface area contributed by atoms with E-state index in [-0.39, 0.29) is 11.2 Å². The van der Waals surface area contributed by atoms with Crippen molar-refractivity contribution in [3.8, 4) is 11.8 Å². The van der Waals surface area contributed by atoms with E-state index in [1.165, 1.54) is 0 Å². The third kappa shape index (κ3) is 2.70. The van der Waals surface area contributed by atoms with Crippen LogP contribution in [-0.4, -0.2) is 12.4 Å². The fraction of sp³-hybridized carbons (Fsp3) is 0.467. The highest BCUT2D eigenvalue weighted by atomic mass is 16.5. The first-order chi connectivity index (χ1) is 8.56. The van der Waals surface area contributed by atoms with Gasteiger partial charge in [-0.2, -0.15) is 5.26 Å². The first-order valence-electron chi connectivity index (χ1n) is 6.18. The zero-order valence-electron chi connectivity index (χ0n) is 10.8. The molecule has 0 heterocycles. The Bertz CT molecular complexity index is 510. The molecule has 0 aliphatic heterocycles. The average molecular weight is 243 g/mol. The van der Waals surface area contributed by atoms with E-state index < -0.39 is 0 Å². The van der Waals surface area contributed by atoms with Gasteiger partial charge in [-0.1, -0.05) is 0 Å². The molecule has 2 rings (SSSR count). The van der Waals surface area contributed by atoms with E-state index in [1.54, 1.807) is 13.0 Å². The van der Waals surface area contributed by atoms with Crippen LogP contribution < -0.4 is 4.74 Å². The van der Waals surface area contributed by atoms with Gasteiger partial charge in [-0.3, -0.25) is 4.79 Å². The molecule has 0 N–H and O–H groups in total. The van der Waals surface area contributed by atoms with Crippen LogP contribution in [0, 0.1) is 23.7 Å². The van der Waals surface area contributed by atoms with Gasteiger partial charge in [-0.05, 0) is 50.5 Å². The number of carbonyl (C=O) groups is 1. The van der Waals surface area contributed by atoms with Crippen LogP contribution in [0.25, 0.3) is 0 Å². The Labute approximate surface area is 107 Å². The Kier molecular flexibility index (Phi) is 3.38. The number of hydrogen-bond donors (Lipinski definition) is 0. The molecular formula is C15H17NO2. The van der Waals surface area contributed by atoms with Crippen LogP contribution in [0.1, 0.15) is 42.1 Å². The van der Waals surface area contributed by atoms with E-state index in [2.05, 4.69) is 6.07 Å². The van der Waals surface area contributed by atoms with Crippen molar-refractivity contribution in [2.24, 2.45) is 5.41 Å². The molecule has 0 atom stereocenters. The lowest BCUT2D eigenvalue weighted by molar-refractivity contribution is 0.101. The van der Waals surface area contributed by atoms with Gasteiger partial charge in [0.2, 0.25) is 0 Å². The summed E-state index contributed by atoms with van der Waals surface area (Å²) in [4.78, 5) is 11.2. The van der Waals surface area contributed by atoms with Crippen LogP contribution in [-0.2, 0) is 0 Å². The van der Waals surface area contributed by atoms with Gasteiger partial charge in [0.25, 0.3) is 0 Å². The lowest BCUT2D eigenvalue weighted by atomic mass is 10.1. The Balaban J connectivity index is 2.02. The standard InChI is InChI=1S/C15H17NO2/c1-11-9-13(12(2)17)3-4-14(11)18-10-15(5-6-15)7-8-16/h3-4,9H,5-7,10H2,1-2H3. The number of Topliss-reactive ketones (excluding diaryl/α,β-unsaturated/α-hetero) is 1. The van der Waals surface area contributed by atoms with Crippen LogP contribution in [0.4, 0.5) is 0 Å². The maximum atomic E-state index is 11.2. The molecule has 0 unspecified atom stereocenters. The Morgan fingerprint density at radius 2 is 2.22 bits per heavy atom. The molecule has 1 fully saturated rings. The summed E-state index contributed by atoms with van der Waals surface area (Å²) < 4.78 is 5.79. The van der Waals surface area contributed by atoms with Gasteiger partial charge in [0.15, 0.2) is 5.78 Å². The maximum Gasteiger partial charge on any atom is 0.159 e. The van der Waals surface area contributed by atoms with Crippen LogP contribution in [0.3, 0.4) is 0 Å². The number of nitrogens with zero attached hydrogens (tertiary/aromatic N) is 1. The highest BCUT2D eigenvalue weighted by Crippen LogP contribution is 2.48. The summed E-state index contributed by atoms with van der Waals surface area (Å²) in [6, 6.07) is 7.70. The Morgan fingerprint density at radius 1 is 1.50 bits per heavy atom. The number of nitriles is 1. The number of ketones is 1. The van der Waals surface area contributed by atoms with E-state index in [0.29, 0.717) is 18.6 Å². The lowest BCUT2D eigenvalue weighted by Gasteiger charge is -2.14. The summed E-state index contributed by atoms with van der Waals surface area (Å²) in [5.41, 5.74) is 1.76. The third-order valence-corrected chi connectivity index (χ3v) is 3.53. The normalized spacial score (nSPS) is 15.8. The third-order valence-electron chi connectivity index (χ3n) is 3.53. The molecule has 0 amide bonds. The second-order valence-electron chi connectivity index (χ2n) is 5.16. The molecule has 1 aliphatic carbocycles. The summed E-state index contributed by atoms with van der Waals surface area (Å²) in [5, 5.41) is 8.75. The molecule has 0 radical (unpaired) electrons. The van der Waals surface area contributed by atoms with Crippen molar-refractivity contribution in [3.63, 3.8) is 0 Å². The number of benzene rings is 1. The molecular weight excluding hydrogens is 226 g/mol. The zero-order valence-corrected chi connectivity index (χ0v) is 10.8. The minimum absolute atomic E-state index is 0.0628. The average Bonchev–Trinajstić information content (AvgIpc) is 3.08. The van der Waals surface area contributed by atoms with E-state index in [1.807, 2.05) is 19.1 Å². The largest absolute Gasteiger partial charge is 0.493 e. The quantitative estimate of drug-likeness (QED) is 0.746. The first-order valence-corrected chi connectivity index (χ1v) is 6.18. The van der Waals surface area contributed by atoms with Gasteiger partial charge in [-0.25, -0.2) is 0 Å². The summed E-state index contributed by atoms with van der Waals surface area (Å²) in [7, 11) is 0. The van der Waals surface area contributed by atoms with E-state index in [9.17, 15) is 4.79 Å². The van der Waals surface area contributed by atoms with Crippen molar-refractivity contribution in [1.29, 1.82) is 5.26 Å². The van der Waals surface area contributed by atoms with Crippen molar-refractivity contribution in [2.75, 3.05) is 6.61 Å². The van der Waals surface area contributed by atoms with Crippen molar-refractivity contribution in [3.05, 3.63) is 29.3 Å². The van der Waals surface area contributed by atoms with Gasteiger partial charge in [0.05, 0.1) is 12.7 Å². The van der Waals surface area contributed by atoms with Crippen molar-refractivity contribution >= 4 is 5.78 Å². The molecule has 0 spiro atoms. The molecule has 1 aromatic carbocycles. The minimum Gasteiger partial charge on any atom is -0.493 e. The lowest BCUT2D eigenvalue weighted by Crippen LogP contribution is -2.13. The molecule has 0 bridgehead atoms. The predicted octanol–water partition coefficient (Wildman–Crippen LogP) is 3.27. The molecule has 3 nitrogen and oxygen atoms in total. The number of ether oxygens (including phenoxy) is 1. The fourth-order valence-electron chi connectivity index (χ4n) is 1.98.